The van der Waals surface area contributed by atoms with E-state index in [1.165, 1.54) is 0 Å². The fourth-order valence-electron chi connectivity index (χ4n) is 1.04. The van der Waals surface area contributed by atoms with E-state index in [2.05, 4.69) is 6.58 Å². The molecule has 3 nitrogen and oxygen atoms in total. The molecule has 0 heterocycles. The summed E-state index contributed by atoms with van der Waals surface area (Å²) < 4.78 is 4.83. The SMILES string of the molecule is C=C(C(=O)OCC(C)O)c1ccccc1. The third kappa shape index (κ3) is 3.56. The summed E-state index contributed by atoms with van der Waals surface area (Å²) in [6.45, 7) is 5.19. The minimum Gasteiger partial charge on any atom is -0.459 e. The molecule has 1 unspecified atom stereocenters. The van der Waals surface area contributed by atoms with E-state index in [-0.39, 0.29) is 6.61 Å². The lowest BCUT2D eigenvalue weighted by Gasteiger charge is -2.08. The predicted molar refractivity (Wildman–Crippen MR) is 58.1 cm³/mol. The van der Waals surface area contributed by atoms with Crippen molar-refractivity contribution >= 4 is 11.5 Å². The largest absolute Gasteiger partial charge is 0.459 e. The monoisotopic (exact) mass is 206 g/mol. The molecule has 0 amide bonds. The van der Waals surface area contributed by atoms with Crippen molar-refractivity contribution in [2.24, 2.45) is 0 Å². The maximum Gasteiger partial charge on any atom is 0.338 e. The molecule has 0 fully saturated rings. The van der Waals surface area contributed by atoms with E-state index < -0.39 is 12.1 Å². The summed E-state index contributed by atoms with van der Waals surface area (Å²) in [6.07, 6.45) is -0.655. The van der Waals surface area contributed by atoms with Crippen molar-refractivity contribution in [3.05, 3.63) is 42.5 Å². The Labute approximate surface area is 89.0 Å². The summed E-state index contributed by atoms with van der Waals surface area (Å²) in [6, 6.07) is 9.07. The van der Waals surface area contributed by atoms with Crippen LogP contribution in [0.1, 0.15) is 12.5 Å². The molecule has 15 heavy (non-hydrogen) atoms. The van der Waals surface area contributed by atoms with Crippen molar-refractivity contribution in [3.8, 4) is 0 Å². The summed E-state index contributed by atoms with van der Waals surface area (Å²) in [7, 11) is 0. The summed E-state index contributed by atoms with van der Waals surface area (Å²) in [5.41, 5.74) is 1.03. The number of esters is 1. The fraction of sp³-hybridized carbons (Fsp3) is 0.250. The number of benzene rings is 1. The van der Waals surface area contributed by atoms with Crippen molar-refractivity contribution < 1.29 is 14.6 Å². The molecular weight excluding hydrogens is 192 g/mol. The first kappa shape index (κ1) is 11.5. The van der Waals surface area contributed by atoms with Crippen LogP contribution in [-0.2, 0) is 9.53 Å². The molecule has 1 rings (SSSR count). The molecule has 0 radical (unpaired) electrons. The number of aliphatic hydroxyl groups excluding tert-OH is 1. The molecule has 1 aromatic rings. The highest BCUT2D eigenvalue weighted by Gasteiger charge is 2.11. The number of hydrogen-bond donors (Lipinski definition) is 1. The van der Waals surface area contributed by atoms with E-state index in [9.17, 15) is 4.79 Å². The summed E-state index contributed by atoms with van der Waals surface area (Å²) in [4.78, 5) is 11.4. The van der Waals surface area contributed by atoms with Crippen molar-refractivity contribution in [1.82, 2.24) is 0 Å². The first-order valence-corrected chi connectivity index (χ1v) is 4.70. The maximum atomic E-state index is 11.4. The Morgan fingerprint density at radius 3 is 2.60 bits per heavy atom. The van der Waals surface area contributed by atoms with Gasteiger partial charge >= 0.3 is 5.97 Å². The van der Waals surface area contributed by atoms with Crippen molar-refractivity contribution in [2.75, 3.05) is 6.61 Å². The number of hydrogen-bond acceptors (Lipinski definition) is 3. The van der Waals surface area contributed by atoms with E-state index in [1.54, 1.807) is 19.1 Å². The smallest absolute Gasteiger partial charge is 0.338 e. The first-order valence-electron chi connectivity index (χ1n) is 4.70. The highest BCUT2D eigenvalue weighted by atomic mass is 16.5. The van der Waals surface area contributed by atoms with Gasteiger partial charge in [-0.1, -0.05) is 36.9 Å². The molecule has 80 valence electrons. The van der Waals surface area contributed by atoms with E-state index in [4.69, 9.17) is 9.84 Å². The zero-order valence-electron chi connectivity index (χ0n) is 8.64. The lowest BCUT2D eigenvalue weighted by Crippen LogP contribution is -2.15. The maximum absolute atomic E-state index is 11.4. The molecule has 0 aliphatic heterocycles. The van der Waals surface area contributed by atoms with Crippen LogP contribution in [0.5, 0.6) is 0 Å². The second-order valence-electron chi connectivity index (χ2n) is 3.29. The van der Waals surface area contributed by atoms with Gasteiger partial charge in [0, 0.05) is 0 Å². The van der Waals surface area contributed by atoms with Crippen LogP contribution in [0, 0.1) is 0 Å². The van der Waals surface area contributed by atoms with E-state index >= 15 is 0 Å². The Morgan fingerprint density at radius 2 is 2.07 bits per heavy atom. The van der Waals surface area contributed by atoms with E-state index in [0.29, 0.717) is 5.57 Å². The van der Waals surface area contributed by atoms with Gasteiger partial charge in [-0.05, 0) is 12.5 Å². The highest BCUT2D eigenvalue weighted by Crippen LogP contribution is 2.13. The van der Waals surface area contributed by atoms with Gasteiger partial charge in [-0.25, -0.2) is 4.79 Å². The normalized spacial score (nSPS) is 11.9. The van der Waals surface area contributed by atoms with Crippen LogP contribution in [0.25, 0.3) is 5.57 Å². The molecule has 0 aliphatic carbocycles. The van der Waals surface area contributed by atoms with Crippen LogP contribution in [-0.4, -0.2) is 23.8 Å². The number of carbonyl (C=O) groups excluding carboxylic acids is 1. The van der Waals surface area contributed by atoms with Gasteiger partial charge in [0.2, 0.25) is 0 Å². The summed E-state index contributed by atoms with van der Waals surface area (Å²) in [5, 5.41) is 8.95. The number of rotatable bonds is 4. The van der Waals surface area contributed by atoms with Crippen LogP contribution in [0.4, 0.5) is 0 Å². The minimum absolute atomic E-state index is 0.00924. The average molecular weight is 206 g/mol. The third-order valence-corrected chi connectivity index (χ3v) is 1.82. The Bertz CT molecular complexity index is 341. The van der Waals surface area contributed by atoms with Crippen LogP contribution in [0.3, 0.4) is 0 Å². The molecule has 1 aromatic carbocycles. The molecule has 0 saturated carbocycles. The molecule has 0 spiro atoms. The van der Waals surface area contributed by atoms with Gasteiger partial charge in [-0.2, -0.15) is 0 Å². The van der Waals surface area contributed by atoms with E-state index in [0.717, 1.165) is 5.56 Å². The highest BCUT2D eigenvalue weighted by molar-refractivity contribution is 6.15. The molecule has 0 bridgehead atoms. The quantitative estimate of drug-likeness (QED) is 0.601. The predicted octanol–water partition coefficient (Wildman–Crippen LogP) is 1.62. The topological polar surface area (TPSA) is 46.5 Å². The second-order valence-corrected chi connectivity index (χ2v) is 3.29. The van der Waals surface area contributed by atoms with E-state index in [1.807, 2.05) is 18.2 Å². The number of ether oxygens (including phenoxy) is 1. The molecule has 0 aromatic heterocycles. The zero-order chi connectivity index (χ0) is 11.3. The molecule has 1 atom stereocenters. The van der Waals surface area contributed by atoms with Gasteiger partial charge in [0.05, 0.1) is 11.7 Å². The zero-order valence-corrected chi connectivity index (χ0v) is 8.64. The molecule has 1 N–H and O–H groups in total. The van der Waals surface area contributed by atoms with Gasteiger partial charge in [0.15, 0.2) is 0 Å². The van der Waals surface area contributed by atoms with Gasteiger partial charge in [0.25, 0.3) is 0 Å². The molecule has 0 saturated heterocycles. The fourth-order valence-corrected chi connectivity index (χ4v) is 1.04. The Morgan fingerprint density at radius 1 is 1.47 bits per heavy atom. The van der Waals surface area contributed by atoms with Crippen LogP contribution >= 0.6 is 0 Å². The van der Waals surface area contributed by atoms with Crippen molar-refractivity contribution in [2.45, 2.75) is 13.0 Å². The number of aliphatic hydroxyl groups is 1. The standard InChI is InChI=1S/C12H14O3/c1-9(13)8-15-12(14)10(2)11-6-4-3-5-7-11/h3-7,9,13H,2,8H2,1H3. The number of carbonyl (C=O) groups is 1. The molecular formula is C12H14O3. The van der Waals surface area contributed by atoms with Gasteiger partial charge in [-0.15, -0.1) is 0 Å². The summed E-state index contributed by atoms with van der Waals surface area (Å²) in [5.74, 6) is -0.498. The van der Waals surface area contributed by atoms with Gasteiger partial charge in [0.1, 0.15) is 6.61 Å². The van der Waals surface area contributed by atoms with Gasteiger partial charge in [-0.3, -0.25) is 0 Å². The minimum atomic E-state index is -0.655. The molecule has 3 heteroatoms. The first-order chi connectivity index (χ1) is 7.11. The third-order valence-electron chi connectivity index (χ3n) is 1.82. The lowest BCUT2D eigenvalue weighted by atomic mass is 10.1. The summed E-state index contributed by atoms with van der Waals surface area (Å²) >= 11 is 0. The second kappa shape index (κ2) is 5.32. The Balaban J connectivity index is 2.58. The Kier molecular flexibility index (Phi) is 4.06. The lowest BCUT2D eigenvalue weighted by molar-refractivity contribution is -0.139. The van der Waals surface area contributed by atoms with Crippen molar-refractivity contribution in [3.63, 3.8) is 0 Å². The van der Waals surface area contributed by atoms with Crippen molar-refractivity contribution in [1.29, 1.82) is 0 Å². The Hall–Kier alpha value is -1.61. The van der Waals surface area contributed by atoms with Gasteiger partial charge < -0.3 is 9.84 Å². The van der Waals surface area contributed by atoms with Crippen LogP contribution < -0.4 is 0 Å². The van der Waals surface area contributed by atoms with Crippen LogP contribution in [0.15, 0.2) is 36.9 Å². The molecule has 0 aliphatic rings. The average Bonchev–Trinajstić information content (AvgIpc) is 2.26. The van der Waals surface area contributed by atoms with Crippen LogP contribution in [0.2, 0.25) is 0 Å².